The first-order valence-corrected chi connectivity index (χ1v) is 4.61. The molecule has 1 fully saturated rings. The number of aryl methyl sites for hydroxylation is 1. The molecule has 0 aliphatic carbocycles. The summed E-state index contributed by atoms with van der Waals surface area (Å²) in [6.45, 7) is 5.42. The molecular formula is C9H15N3. The molecule has 2 heterocycles. The Morgan fingerprint density at radius 2 is 2.50 bits per heavy atom. The maximum Gasteiger partial charge on any atom is 0.0628 e. The van der Waals surface area contributed by atoms with Crippen molar-refractivity contribution in [2.75, 3.05) is 13.1 Å². The van der Waals surface area contributed by atoms with Crippen molar-refractivity contribution in [3.05, 3.63) is 18.0 Å². The zero-order valence-corrected chi connectivity index (χ0v) is 7.45. The number of nitrogens with zero attached hydrogens (tertiary/aromatic N) is 2. The van der Waals surface area contributed by atoms with E-state index < -0.39 is 0 Å². The lowest BCUT2D eigenvalue weighted by Crippen LogP contribution is -2.43. The number of rotatable bonds is 3. The number of aromatic nitrogens is 2. The quantitative estimate of drug-likeness (QED) is 0.713. The summed E-state index contributed by atoms with van der Waals surface area (Å²) in [4.78, 5) is 0. The zero-order chi connectivity index (χ0) is 8.39. The average Bonchev–Trinajstić information content (AvgIpc) is 2.44. The van der Waals surface area contributed by atoms with Crippen molar-refractivity contribution in [3.8, 4) is 0 Å². The lowest BCUT2D eigenvalue weighted by atomic mass is 9.98. The molecule has 0 aromatic carbocycles. The summed E-state index contributed by atoms with van der Waals surface area (Å²) in [6.07, 6.45) is 3.20. The highest BCUT2D eigenvalue weighted by Gasteiger charge is 2.17. The van der Waals surface area contributed by atoms with Crippen molar-refractivity contribution in [3.63, 3.8) is 0 Å². The molecule has 3 nitrogen and oxygen atoms in total. The van der Waals surface area contributed by atoms with Crippen LogP contribution >= 0.6 is 0 Å². The fourth-order valence-electron chi connectivity index (χ4n) is 1.48. The van der Waals surface area contributed by atoms with Crippen molar-refractivity contribution in [2.24, 2.45) is 5.92 Å². The smallest absolute Gasteiger partial charge is 0.0628 e. The molecule has 0 amide bonds. The predicted molar refractivity (Wildman–Crippen MR) is 48.0 cm³/mol. The molecule has 1 N–H and O–H groups in total. The third-order valence-electron chi connectivity index (χ3n) is 2.38. The monoisotopic (exact) mass is 165 g/mol. The minimum Gasteiger partial charge on any atom is -0.316 e. The molecule has 1 aromatic rings. The third-order valence-corrected chi connectivity index (χ3v) is 2.38. The molecule has 1 saturated heterocycles. The van der Waals surface area contributed by atoms with Crippen LogP contribution in [-0.2, 0) is 13.0 Å². The molecule has 12 heavy (non-hydrogen) atoms. The van der Waals surface area contributed by atoms with Crippen LogP contribution in [-0.4, -0.2) is 22.9 Å². The Hall–Kier alpha value is -0.830. The molecule has 0 saturated carbocycles. The van der Waals surface area contributed by atoms with Gasteiger partial charge in [0.05, 0.1) is 5.69 Å². The number of hydrogen-bond acceptors (Lipinski definition) is 2. The maximum absolute atomic E-state index is 4.44. The molecule has 3 heteroatoms. The Kier molecular flexibility index (Phi) is 2.13. The zero-order valence-electron chi connectivity index (χ0n) is 7.45. The second-order valence-electron chi connectivity index (χ2n) is 3.39. The van der Waals surface area contributed by atoms with Crippen molar-refractivity contribution in [1.29, 1.82) is 0 Å². The van der Waals surface area contributed by atoms with Crippen LogP contribution in [0.2, 0.25) is 0 Å². The van der Waals surface area contributed by atoms with E-state index in [4.69, 9.17) is 0 Å². The molecule has 0 atom stereocenters. The summed E-state index contributed by atoms with van der Waals surface area (Å²) >= 11 is 0. The summed E-state index contributed by atoms with van der Waals surface area (Å²) in [5, 5.41) is 7.71. The van der Waals surface area contributed by atoms with Gasteiger partial charge in [-0.2, -0.15) is 5.10 Å². The first kappa shape index (κ1) is 7.80. The molecule has 2 rings (SSSR count). The highest BCUT2D eigenvalue weighted by Crippen LogP contribution is 2.10. The van der Waals surface area contributed by atoms with Crippen molar-refractivity contribution in [2.45, 2.75) is 19.9 Å². The van der Waals surface area contributed by atoms with Crippen LogP contribution in [0.1, 0.15) is 12.6 Å². The van der Waals surface area contributed by atoms with E-state index in [1.54, 1.807) is 0 Å². The van der Waals surface area contributed by atoms with E-state index in [9.17, 15) is 0 Å². The SMILES string of the molecule is CCn1ccc(CC2CNC2)n1. The van der Waals surface area contributed by atoms with Gasteiger partial charge in [0.25, 0.3) is 0 Å². The first-order valence-electron chi connectivity index (χ1n) is 4.61. The minimum atomic E-state index is 0.824. The average molecular weight is 165 g/mol. The van der Waals surface area contributed by atoms with Gasteiger partial charge in [0.1, 0.15) is 0 Å². The lowest BCUT2D eigenvalue weighted by molar-refractivity contribution is 0.343. The maximum atomic E-state index is 4.44. The molecule has 66 valence electrons. The van der Waals surface area contributed by atoms with Gasteiger partial charge in [-0.15, -0.1) is 0 Å². The van der Waals surface area contributed by atoms with E-state index in [2.05, 4.69) is 29.6 Å². The van der Waals surface area contributed by atoms with E-state index in [0.29, 0.717) is 0 Å². The molecule has 0 bridgehead atoms. The van der Waals surface area contributed by atoms with Crippen molar-refractivity contribution in [1.82, 2.24) is 15.1 Å². The normalized spacial score (nSPS) is 17.8. The Morgan fingerprint density at radius 3 is 3.00 bits per heavy atom. The van der Waals surface area contributed by atoms with Crippen LogP contribution < -0.4 is 5.32 Å². The summed E-state index contributed by atoms with van der Waals surface area (Å²) < 4.78 is 1.99. The first-order chi connectivity index (χ1) is 5.88. The summed E-state index contributed by atoms with van der Waals surface area (Å²) in [5.41, 5.74) is 1.24. The van der Waals surface area contributed by atoms with Crippen LogP contribution in [0.3, 0.4) is 0 Å². The Balaban J connectivity index is 1.93. The van der Waals surface area contributed by atoms with E-state index in [-0.39, 0.29) is 0 Å². The van der Waals surface area contributed by atoms with Gasteiger partial charge < -0.3 is 5.32 Å². The minimum absolute atomic E-state index is 0.824. The molecule has 1 aromatic heterocycles. The van der Waals surface area contributed by atoms with E-state index in [1.165, 1.54) is 18.8 Å². The molecule has 1 aliphatic heterocycles. The van der Waals surface area contributed by atoms with Crippen LogP contribution in [0.15, 0.2) is 12.3 Å². The van der Waals surface area contributed by atoms with E-state index >= 15 is 0 Å². The molecule has 1 aliphatic rings. The Bertz CT molecular complexity index is 250. The van der Waals surface area contributed by atoms with Crippen LogP contribution in [0.25, 0.3) is 0 Å². The van der Waals surface area contributed by atoms with Gasteiger partial charge in [-0.1, -0.05) is 0 Å². The van der Waals surface area contributed by atoms with Gasteiger partial charge in [0.15, 0.2) is 0 Å². The molecular weight excluding hydrogens is 150 g/mol. The standard InChI is InChI=1S/C9H15N3/c1-2-12-4-3-9(11-12)5-8-6-10-7-8/h3-4,8,10H,2,5-7H2,1H3. The second kappa shape index (κ2) is 3.27. The van der Waals surface area contributed by atoms with Crippen LogP contribution in [0.5, 0.6) is 0 Å². The molecule has 0 unspecified atom stereocenters. The topological polar surface area (TPSA) is 29.9 Å². The fourth-order valence-corrected chi connectivity index (χ4v) is 1.48. The highest BCUT2D eigenvalue weighted by atomic mass is 15.3. The largest absolute Gasteiger partial charge is 0.316 e. The van der Waals surface area contributed by atoms with Gasteiger partial charge in [0.2, 0.25) is 0 Å². The molecule has 0 radical (unpaired) electrons. The summed E-state index contributed by atoms with van der Waals surface area (Å²) in [7, 11) is 0. The van der Waals surface area contributed by atoms with E-state index in [0.717, 1.165) is 18.9 Å². The van der Waals surface area contributed by atoms with Crippen LogP contribution in [0, 0.1) is 5.92 Å². The van der Waals surface area contributed by atoms with Gasteiger partial charge in [0, 0.05) is 12.7 Å². The van der Waals surface area contributed by atoms with Gasteiger partial charge in [-0.3, -0.25) is 4.68 Å². The van der Waals surface area contributed by atoms with Gasteiger partial charge >= 0.3 is 0 Å². The fraction of sp³-hybridized carbons (Fsp3) is 0.667. The van der Waals surface area contributed by atoms with Gasteiger partial charge in [-0.25, -0.2) is 0 Å². The van der Waals surface area contributed by atoms with Crippen molar-refractivity contribution < 1.29 is 0 Å². The van der Waals surface area contributed by atoms with Gasteiger partial charge in [-0.05, 0) is 38.4 Å². The third kappa shape index (κ3) is 1.50. The Labute approximate surface area is 72.8 Å². The Morgan fingerprint density at radius 1 is 1.67 bits per heavy atom. The van der Waals surface area contributed by atoms with Crippen LogP contribution in [0.4, 0.5) is 0 Å². The summed E-state index contributed by atoms with van der Waals surface area (Å²) in [6, 6.07) is 2.13. The number of hydrogen-bond donors (Lipinski definition) is 1. The van der Waals surface area contributed by atoms with Crippen molar-refractivity contribution >= 4 is 0 Å². The molecule has 0 spiro atoms. The second-order valence-corrected chi connectivity index (χ2v) is 3.39. The summed E-state index contributed by atoms with van der Waals surface area (Å²) in [5.74, 6) is 0.824. The highest BCUT2D eigenvalue weighted by molar-refractivity contribution is 5.01. The van der Waals surface area contributed by atoms with E-state index in [1.807, 2.05) is 4.68 Å². The predicted octanol–water partition coefficient (Wildman–Crippen LogP) is 0.665. The number of nitrogens with one attached hydrogen (secondary N) is 1. The lowest BCUT2D eigenvalue weighted by Gasteiger charge is -2.26.